The molecular weight excluding hydrogens is 481 g/mol. The van der Waals surface area contributed by atoms with Crippen molar-refractivity contribution in [3.8, 4) is 0 Å². The van der Waals surface area contributed by atoms with Crippen LogP contribution in [-0.4, -0.2) is 54.9 Å². The molecule has 1 aliphatic heterocycles. The molecule has 0 unspecified atom stereocenters. The van der Waals surface area contributed by atoms with Gasteiger partial charge in [-0.25, -0.2) is 9.18 Å². The molecule has 0 aliphatic carbocycles. The lowest BCUT2D eigenvalue weighted by atomic mass is 10.2. The Kier molecular flexibility index (Phi) is 6.31. The first kappa shape index (κ1) is 23.7. The summed E-state index contributed by atoms with van der Waals surface area (Å²) in [5.74, 6) is 0.343. The van der Waals surface area contributed by atoms with Gasteiger partial charge in [0, 0.05) is 46.0 Å². The van der Waals surface area contributed by atoms with Crippen molar-refractivity contribution in [1.82, 2.24) is 23.6 Å². The average Bonchev–Trinajstić information content (AvgIpc) is 3.27. The van der Waals surface area contributed by atoms with Crippen LogP contribution in [0.4, 0.5) is 16.0 Å². The molecule has 1 saturated heterocycles. The normalized spacial score (nSPS) is 13.9. The van der Waals surface area contributed by atoms with Crippen molar-refractivity contribution < 1.29 is 4.39 Å². The maximum atomic E-state index is 13.2. The molecule has 0 amide bonds. The molecule has 4 aromatic rings. The fraction of sp³-hybridized carbons (Fsp3) is 0.280. The maximum Gasteiger partial charge on any atom is 0.332 e. The zero-order chi connectivity index (χ0) is 25.4. The molecule has 0 atom stereocenters. The molecule has 2 aromatic carbocycles. The van der Waals surface area contributed by atoms with Crippen LogP contribution < -0.4 is 21.5 Å². The van der Waals surface area contributed by atoms with Crippen molar-refractivity contribution in [2.24, 2.45) is 14.1 Å². The highest BCUT2D eigenvalue weighted by Gasteiger charge is 2.26. The van der Waals surface area contributed by atoms with Crippen LogP contribution in [0.5, 0.6) is 0 Å². The minimum atomic E-state index is -0.412. The van der Waals surface area contributed by atoms with Crippen LogP contribution in [0.25, 0.3) is 11.2 Å². The van der Waals surface area contributed by atoms with Gasteiger partial charge in [-0.15, -0.1) is 0 Å². The second-order valence-electron chi connectivity index (χ2n) is 8.77. The van der Waals surface area contributed by atoms with Crippen LogP contribution in [0, 0.1) is 5.82 Å². The SMILES string of the molecule is Cn1c(=O)c2c(nc(N3CCN(C(=S)Nc4ccc(F)cc4)CC3)n2Cc2ccccc2)n(C)c1=O. The van der Waals surface area contributed by atoms with Crippen LogP contribution in [0.15, 0.2) is 64.2 Å². The summed E-state index contributed by atoms with van der Waals surface area (Å²) in [6.45, 7) is 2.97. The third-order valence-electron chi connectivity index (χ3n) is 6.46. The second kappa shape index (κ2) is 9.57. The van der Waals surface area contributed by atoms with E-state index in [1.165, 1.54) is 23.7 Å². The van der Waals surface area contributed by atoms with Gasteiger partial charge < -0.3 is 15.1 Å². The number of anilines is 2. The summed E-state index contributed by atoms with van der Waals surface area (Å²) in [5, 5.41) is 3.72. The minimum Gasteiger partial charge on any atom is -0.345 e. The summed E-state index contributed by atoms with van der Waals surface area (Å²) in [6.07, 6.45) is 0. The lowest BCUT2D eigenvalue weighted by Crippen LogP contribution is -2.50. The van der Waals surface area contributed by atoms with Crippen LogP contribution in [0.2, 0.25) is 0 Å². The highest BCUT2D eigenvalue weighted by atomic mass is 32.1. The Bertz CT molecular complexity index is 1540. The van der Waals surface area contributed by atoms with Crippen LogP contribution in [0.1, 0.15) is 5.56 Å². The second-order valence-corrected chi connectivity index (χ2v) is 9.16. The van der Waals surface area contributed by atoms with E-state index in [9.17, 15) is 14.0 Å². The molecule has 1 N–H and O–H groups in total. The van der Waals surface area contributed by atoms with Gasteiger partial charge in [0.05, 0.1) is 6.54 Å². The number of aromatic nitrogens is 4. The number of halogens is 1. The van der Waals surface area contributed by atoms with E-state index < -0.39 is 5.69 Å². The molecule has 36 heavy (non-hydrogen) atoms. The first-order chi connectivity index (χ1) is 17.3. The predicted molar refractivity (Wildman–Crippen MR) is 142 cm³/mol. The Labute approximate surface area is 212 Å². The third-order valence-corrected chi connectivity index (χ3v) is 6.82. The van der Waals surface area contributed by atoms with Crippen molar-refractivity contribution in [2.75, 3.05) is 36.4 Å². The minimum absolute atomic E-state index is 0.300. The van der Waals surface area contributed by atoms with Gasteiger partial charge in [-0.2, -0.15) is 4.98 Å². The Hall–Kier alpha value is -3.99. The number of imidazole rings is 1. The van der Waals surface area contributed by atoms with Gasteiger partial charge in [-0.3, -0.25) is 18.5 Å². The summed E-state index contributed by atoms with van der Waals surface area (Å²) in [7, 11) is 3.11. The summed E-state index contributed by atoms with van der Waals surface area (Å²) in [6, 6.07) is 15.9. The summed E-state index contributed by atoms with van der Waals surface area (Å²) in [4.78, 5) is 34.7. The first-order valence-electron chi connectivity index (χ1n) is 11.6. The topological polar surface area (TPSA) is 80.3 Å². The monoisotopic (exact) mass is 507 g/mol. The lowest BCUT2D eigenvalue weighted by Gasteiger charge is -2.36. The number of nitrogens with one attached hydrogen (secondary N) is 1. The van der Waals surface area contributed by atoms with Crippen LogP contribution in [0.3, 0.4) is 0 Å². The largest absolute Gasteiger partial charge is 0.345 e. The average molecular weight is 508 g/mol. The molecule has 0 saturated carbocycles. The van der Waals surface area contributed by atoms with Gasteiger partial charge in [-0.1, -0.05) is 30.3 Å². The zero-order valence-corrected chi connectivity index (χ0v) is 20.8. The Morgan fingerprint density at radius 3 is 2.31 bits per heavy atom. The fourth-order valence-electron chi connectivity index (χ4n) is 4.44. The highest BCUT2D eigenvalue weighted by Crippen LogP contribution is 2.23. The van der Waals surface area contributed by atoms with Crippen molar-refractivity contribution >= 4 is 40.1 Å². The molecule has 3 heterocycles. The predicted octanol–water partition coefficient (Wildman–Crippen LogP) is 2.14. The van der Waals surface area contributed by atoms with E-state index >= 15 is 0 Å². The van der Waals surface area contributed by atoms with Crippen LogP contribution in [-0.2, 0) is 20.6 Å². The molecule has 11 heteroatoms. The number of rotatable bonds is 4. The lowest BCUT2D eigenvalue weighted by molar-refractivity contribution is 0.386. The molecule has 9 nitrogen and oxygen atoms in total. The van der Waals surface area contributed by atoms with Gasteiger partial charge in [0.15, 0.2) is 16.3 Å². The van der Waals surface area contributed by atoms with E-state index in [1.807, 2.05) is 39.8 Å². The molecule has 1 aliphatic rings. The van der Waals surface area contributed by atoms with Crippen molar-refractivity contribution in [3.63, 3.8) is 0 Å². The van der Waals surface area contributed by atoms with Gasteiger partial charge >= 0.3 is 5.69 Å². The van der Waals surface area contributed by atoms with Crippen LogP contribution >= 0.6 is 12.2 Å². The zero-order valence-electron chi connectivity index (χ0n) is 20.0. The Balaban J connectivity index is 1.44. The van der Waals surface area contributed by atoms with Gasteiger partial charge in [0.2, 0.25) is 5.95 Å². The molecule has 2 aromatic heterocycles. The summed E-state index contributed by atoms with van der Waals surface area (Å²) >= 11 is 5.57. The van der Waals surface area contributed by atoms with E-state index in [2.05, 4.69) is 10.2 Å². The highest BCUT2D eigenvalue weighted by molar-refractivity contribution is 7.80. The number of fused-ring (bicyclic) bond motifs is 1. The van der Waals surface area contributed by atoms with Gasteiger partial charge in [0.25, 0.3) is 5.56 Å². The van der Waals surface area contributed by atoms with E-state index in [4.69, 9.17) is 17.2 Å². The third kappa shape index (κ3) is 4.37. The number of piperazine rings is 1. The number of nitrogens with zero attached hydrogens (tertiary/aromatic N) is 6. The summed E-state index contributed by atoms with van der Waals surface area (Å²) in [5.41, 5.74) is 1.73. The first-order valence-corrected chi connectivity index (χ1v) is 12.0. The maximum absolute atomic E-state index is 13.2. The van der Waals surface area contributed by atoms with Gasteiger partial charge in [-0.05, 0) is 42.0 Å². The number of benzene rings is 2. The smallest absolute Gasteiger partial charge is 0.332 e. The molecule has 186 valence electrons. The van der Waals surface area contributed by atoms with Crippen molar-refractivity contribution in [2.45, 2.75) is 6.54 Å². The van der Waals surface area contributed by atoms with E-state index in [0.29, 0.717) is 54.9 Å². The quantitative estimate of drug-likeness (QED) is 0.424. The van der Waals surface area contributed by atoms with E-state index in [0.717, 1.165) is 15.8 Å². The van der Waals surface area contributed by atoms with Crippen molar-refractivity contribution in [3.05, 3.63) is 86.8 Å². The molecule has 5 rings (SSSR count). The number of hydrogen-bond donors (Lipinski definition) is 1. The molecule has 1 fully saturated rings. The number of hydrogen-bond acceptors (Lipinski definition) is 5. The van der Waals surface area contributed by atoms with E-state index in [1.54, 1.807) is 19.2 Å². The molecule has 0 radical (unpaired) electrons. The number of aryl methyl sites for hydroxylation is 1. The molecular formula is C25H26FN7O2S. The number of thiocarbonyl (C=S) groups is 1. The Morgan fingerprint density at radius 2 is 1.64 bits per heavy atom. The molecule has 0 spiro atoms. The van der Waals surface area contributed by atoms with Crippen molar-refractivity contribution in [1.29, 1.82) is 0 Å². The summed E-state index contributed by atoms with van der Waals surface area (Å²) < 4.78 is 17.6. The standard InChI is InChI=1S/C25H26FN7O2S/c1-29-21-20(22(34)30(2)25(29)35)33(16-17-6-4-3-5-7-17)23(28-21)31-12-14-32(15-13-31)24(36)27-19-10-8-18(26)9-11-19/h3-11H,12-16H2,1-2H3,(H,27,36). The Morgan fingerprint density at radius 1 is 0.972 bits per heavy atom. The fourth-order valence-corrected chi connectivity index (χ4v) is 4.74. The van der Waals surface area contributed by atoms with E-state index in [-0.39, 0.29) is 11.4 Å². The molecule has 0 bridgehead atoms. The van der Waals surface area contributed by atoms with Gasteiger partial charge in [0.1, 0.15) is 5.82 Å².